The number of hydrogen-bond acceptors (Lipinski definition) is 4. The van der Waals surface area contributed by atoms with Crippen LogP contribution in [0.5, 0.6) is 0 Å². The maximum atomic E-state index is 12.4. The van der Waals surface area contributed by atoms with Crippen molar-refractivity contribution in [2.24, 2.45) is 0 Å². The van der Waals surface area contributed by atoms with Crippen molar-refractivity contribution in [2.75, 3.05) is 7.05 Å². The Hall–Kier alpha value is -2.18. The third-order valence-electron chi connectivity index (χ3n) is 4.05. The molecule has 0 amide bonds. The van der Waals surface area contributed by atoms with Gasteiger partial charge >= 0.3 is 5.97 Å². The molecule has 2 aromatic carbocycles. The van der Waals surface area contributed by atoms with E-state index in [0.717, 1.165) is 5.56 Å². The fraction of sp³-hybridized carbons (Fsp3) is 0.316. The lowest BCUT2D eigenvalue weighted by molar-refractivity contribution is 0.0337. The molecule has 0 saturated heterocycles. The maximum absolute atomic E-state index is 12.4. The fourth-order valence-electron chi connectivity index (χ4n) is 2.23. The predicted molar refractivity (Wildman–Crippen MR) is 96.8 cm³/mol. The molecule has 134 valence electrons. The topological polar surface area (TPSA) is 63.7 Å². The zero-order chi connectivity index (χ0) is 18.6. The number of esters is 1. The van der Waals surface area contributed by atoms with Gasteiger partial charge in [-0.3, -0.25) is 0 Å². The summed E-state index contributed by atoms with van der Waals surface area (Å²) in [5.74, 6) is -0.488. The van der Waals surface area contributed by atoms with Crippen LogP contribution in [0.2, 0.25) is 0 Å². The Morgan fingerprint density at radius 1 is 0.960 bits per heavy atom. The highest BCUT2D eigenvalue weighted by Gasteiger charge is 2.23. The van der Waals surface area contributed by atoms with Crippen molar-refractivity contribution in [3.05, 3.63) is 65.7 Å². The average molecular weight is 361 g/mol. The van der Waals surface area contributed by atoms with Crippen LogP contribution < -0.4 is 0 Å². The van der Waals surface area contributed by atoms with Crippen LogP contribution in [0.1, 0.15) is 42.8 Å². The van der Waals surface area contributed by atoms with Crippen LogP contribution in [0.4, 0.5) is 0 Å². The largest absolute Gasteiger partial charge is 0.454 e. The van der Waals surface area contributed by atoms with E-state index in [-0.39, 0.29) is 17.0 Å². The Morgan fingerprint density at radius 2 is 1.52 bits per heavy atom. The molecule has 5 nitrogen and oxygen atoms in total. The van der Waals surface area contributed by atoms with Gasteiger partial charge in [0.1, 0.15) is 6.10 Å². The second-order valence-electron chi connectivity index (χ2n) is 6.10. The molecule has 2 aromatic rings. The van der Waals surface area contributed by atoms with Crippen LogP contribution >= 0.6 is 0 Å². The molecule has 1 atom stereocenters. The number of hydrogen-bond donors (Lipinski definition) is 0. The summed E-state index contributed by atoms with van der Waals surface area (Å²) < 4.78 is 31.6. The molecule has 0 aliphatic carbocycles. The minimum atomic E-state index is -3.57. The lowest BCUT2D eigenvalue weighted by Crippen LogP contribution is -2.33. The highest BCUT2D eigenvalue weighted by atomic mass is 32.2. The summed E-state index contributed by atoms with van der Waals surface area (Å²) in [7, 11) is -2.03. The molecule has 0 fully saturated rings. The standard InChI is InChI=1S/C19H23NO4S/c1-14(2)20(4)25(22,23)18-12-10-17(11-13-18)19(21)24-15(3)16-8-6-5-7-9-16/h5-15H,1-4H3. The third kappa shape index (κ3) is 4.46. The number of ether oxygens (including phenoxy) is 1. The van der Waals surface area contributed by atoms with Crippen LogP contribution in [0.3, 0.4) is 0 Å². The molecule has 0 N–H and O–H groups in total. The Labute approximate surface area is 149 Å². The Morgan fingerprint density at radius 3 is 2.04 bits per heavy atom. The molecule has 0 aliphatic heterocycles. The Kier molecular flexibility index (Phi) is 5.98. The number of carbonyl (C=O) groups is 1. The lowest BCUT2D eigenvalue weighted by atomic mass is 10.1. The van der Waals surface area contributed by atoms with Gasteiger partial charge in [-0.25, -0.2) is 13.2 Å². The van der Waals surface area contributed by atoms with Crippen LogP contribution in [-0.4, -0.2) is 31.8 Å². The molecule has 1 unspecified atom stereocenters. The summed E-state index contributed by atoms with van der Waals surface area (Å²) in [5.41, 5.74) is 1.21. The first kappa shape index (κ1) is 19.1. The SMILES string of the molecule is CC(OC(=O)c1ccc(S(=O)(=O)N(C)C(C)C)cc1)c1ccccc1. The highest BCUT2D eigenvalue weighted by Crippen LogP contribution is 2.20. The molecule has 0 heterocycles. The van der Waals surface area contributed by atoms with E-state index in [2.05, 4.69) is 0 Å². The summed E-state index contributed by atoms with van der Waals surface area (Å²) in [6.07, 6.45) is -0.385. The molecule has 6 heteroatoms. The van der Waals surface area contributed by atoms with Crippen LogP contribution in [0.25, 0.3) is 0 Å². The van der Waals surface area contributed by atoms with Gasteiger partial charge in [-0.05, 0) is 50.6 Å². The monoisotopic (exact) mass is 361 g/mol. The van der Waals surface area contributed by atoms with E-state index in [1.165, 1.54) is 35.6 Å². The van der Waals surface area contributed by atoms with Gasteiger partial charge in [0.25, 0.3) is 0 Å². The lowest BCUT2D eigenvalue weighted by Gasteiger charge is -2.21. The number of rotatable bonds is 6. The summed E-state index contributed by atoms with van der Waals surface area (Å²) in [6.45, 7) is 5.40. The molecule has 0 radical (unpaired) electrons. The van der Waals surface area contributed by atoms with Crippen LogP contribution in [-0.2, 0) is 14.8 Å². The second kappa shape index (κ2) is 7.80. The summed E-state index contributed by atoms with van der Waals surface area (Å²) in [5, 5.41) is 0. The summed E-state index contributed by atoms with van der Waals surface area (Å²) >= 11 is 0. The first-order valence-electron chi connectivity index (χ1n) is 8.07. The van der Waals surface area contributed by atoms with Gasteiger partial charge in [0.2, 0.25) is 10.0 Å². The predicted octanol–water partition coefficient (Wildman–Crippen LogP) is 3.63. The highest BCUT2D eigenvalue weighted by molar-refractivity contribution is 7.89. The summed E-state index contributed by atoms with van der Waals surface area (Å²) in [6, 6.07) is 15.1. The molecule has 0 aliphatic rings. The number of carbonyl (C=O) groups excluding carboxylic acids is 1. The zero-order valence-corrected chi connectivity index (χ0v) is 15.7. The first-order chi connectivity index (χ1) is 11.7. The molecular formula is C19H23NO4S. The quantitative estimate of drug-likeness (QED) is 0.737. The number of benzene rings is 2. The van der Waals surface area contributed by atoms with Crippen molar-refractivity contribution in [1.29, 1.82) is 0 Å². The Bertz CT molecular complexity index is 814. The van der Waals surface area contributed by atoms with Gasteiger partial charge in [-0.15, -0.1) is 0 Å². The molecule has 0 spiro atoms. The van der Waals surface area contributed by atoms with Gasteiger partial charge in [-0.2, -0.15) is 4.31 Å². The van der Waals surface area contributed by atoms with Gasteiger partial charge in [0.15, 0.2) is 0 Å². The normalized spacial score (nSPS) is 13.0. The molecular weight excluding hydrogens is 338 g/mol. The van der Waals surface area contributed by atoms with Crippen molar-refractivity contribution in [3.63, 3.8) is 0 Å². The van der Waals surface area contributed by atoms with Crippen molar-refractivity contribution < 1.29 is 17.9 Å². The van der Waals surface area contributed by atoms with E-state index in [4.69, 9.17) is 4.74 Å². The van der Waals surface area contributed by atoms with Crippen LogP contribution in [0, 0.1) is 0 Å². The molecule has 25 heavy (non-hydrogen) atoms. The van der Waals surface area contributed by atoms with E-state index in [1.807, 2.05) is 30.3 Å². The van der Waals surface area contributed by atoms with Crippen LogP contribution in [0.15, 0.2) is 59.5 Å². The van der Waals surface area contributed by atoms with Crippen molar-refractivity contribution in [3.8, 4) is 0 Å². The van der Waals surface area contributed by atoms with Crippen molar-refractivity contribution >= 4 is 16.0 Å². The van der Waals surface area contributed by atoms with E-state index >= 15 is 0 Å². The minimum Gasteiger partial charge on any atom is -0.454 e. The third-order valence-corrected chi connectivity index (χ3v) is 6.09. The second-order valence-corrected chi connectivity index (χ2v) is 8.10. The van der Waals surface area contributed by atoms with Gasteiger partial charge in [0.05, 0.1) is 10.5 Å². The van der Waals surface area contributed by atoms with Crippen molar-refractivity contribution in [2.45, 2.75) is 37.8 Å². The number of nitrogens with zero attached hydrogens (tertiary/aromatic N) is 1. The van der Waals surface area contributed by atoms with E-state index in [0.29, 0.717) is 5.56 Å². The first-order valence-corrected chi connectivity index (χ1v) is 9.51. The molecule has 0 bridgehead atoms. The average Bonchev–Trinajstić information content (AvgIpc) is 2.61. The zero-order valence-electron chi connectivity index (χ0n) is 14.8. The van der Waals surface area contributed by atoms with Crippen molar-refractivity contribution in [1.82, 2.24) is 4.31 Å². The smallest absolute Gasteiger partial charge is 0.338 e. The number of sulfonamides is 1. The molecule has 2 rings (SSSR count). The fourth-order valence-corrected chi connectivity index (χ4v) is 3.60. The van der Waals surface area contributed by atoms with Gasteiger partial charge in [0, 0.05) is 13.1 Å². The summed E-state index contributed by atoms with van der Waals surface area (Å²) in [4.78, 5) is 12.4. The Balaban J connectivity index is 2.13. The van der Waals surface area contributed by atoms with Gasteiger partial charge < -0.3 is 4.74 Å². The van der Waals surface area contributed by atoms with E-state index in [1.54, 1.807) is 20.8 Å². The molecule has 0 aromatic heterocycles. The maximum Gasteiger partial charge on any atom is 0.338 e. The van der Waals surface area contributed by atoms with E-state index in [9.17, 15) is 13.2 Å². The molecule has 0 saturated carbocycles. The minimum absolute atomic E-state index is 0.149. The van der Waals surface area contributed by atoms with E-state index < -0.39 is 16.0 Å². The van der Waals surface area contributed by atoms with Gasteiger partial charge in [-0.1, -0.05) is 30.3 Å².